The van der Waals surface area contributed by atoms with E-state index in [0.29, 0.717) is 23.2 Å². The minimum atomic E-state index is -3.77. The molecule has 0 unspecified atom stereocenters. The molecule has 4 rings (SSSR count). The van der Waals surface area contributed by atoms with E-state index in [1.165, 1.54) is 12.1 Å². The molecule has 1 aromatic heterocycles. The van der Waals surface area contributed by atoms with Gasteiger partial charge < -0.3 is 5.32 Å². The van der Waals surface area contributed by atoms with Crippen molar-refractivity contribution in [2.45, 2.75) is 11.3 Å². The summed E-state index contributed by atoms with van der Waals surface area (Å²) in [5, 5.41) is 14.6. The summed E-state index contributed by atoms with van der Waals surface area (Å²) >= 11 is 0. The van der Waals surface area contributed by atoms with Crippen LogP contribution in [0.3, 0.4) is 0 Å². The van der Waals surface area contributed by atoms with Crippen LogP contribution in [0, 0.1) is 0 Å². The number of carbonyl (C=O) groups is 1. The summed E-state index contributed by atoms with van der Waals surface area (Å²) in [7, 11) is -3.77. The van der Waals surface area contributed by atoms with Crippen molar-refractivity contribution < 1.29 is 13.2 Å². The van der Waals surface area contributed by atoms with Crippen molar-refractivity contribution in [3.8, 4) is 22.4 Å². The van der Waals surface area contributed by atoms with Gasteiger partial charge in [-0.1, -0.05) is 72.8 Å². The predicted octanol–water partition coefficient (Wildman–Crippen LogP) is 2.72. The van der Waals surface area contributed by atoms with Crippen molar-refractivity contribution in [2.75, 3.05) is 6.54 Å². The Balaban J connectivity index is 1.63. The smallest absolute Gasteiger partial charge is 0.277 e. The molecule has 0 radical (unpaired) electrons. The van der Waals surface area contributed by atoms with Crippen LogP contribution in [-0.4, -0.2) is 31.1 Å². The summed E-state index contributed by atoms with van der Waals surface area (Å²) in [5.74, 6) is -0.527. The topological polar surface area (TPSA) is 135 Å². The molecule has 0 spiro atoms. The largest absolute Gasteiger partial charge is 0.352 e. The number of rotatable bonds is 7. The number of carbonyl (C=O) groups excluding carboxylic acids is 1. The van der Waals surface area contributed by atoms with Crippen LogP contribution in [0.2, 0.25) is 0 Å². The zero-order valence-electron chi connectivity index (χ0n) is 18.1. The predicted molar refractivity (Wildman–Crippen MR) is 130 cm³/mol. The minimum absolute atomic E-state index is 0.0181. The Morgan fingerprint density at radius 3 is 2.06 bits per heavy atom. The average Bonchev–Trinajstić information content (AvgIpc) is 2.84. The number of amides is 1. The lowest BCUT2D eigenvalue weighted by molar-refractivity contribution is 0.0953. The molecule has 0 fully saturated rings. The van der Waals surface area contributed by atoms with Crippen molar-refractivity contribution >= 4 is 15.9 Å². The molecule has 3 aromatic carbocycles. The highest BCUT2D eigenvalue weighted by molar-refractivity contribution is 7.89. The molecular formula is C25H22N4O4S. The maximum atomic E-state index is 13.2. The van der Waals surface area contributed by atoms with Gasteiger partial charge in [-0.3, -0.25) is 9.59 Å². The van der Waals surface area contributed by atoms with E-state index in [9.17, 15) is 18.0 Å². The van der Waals surface area contributed by atoms with Crippen LogP contribution in [-0.2, 0) is 16.4 Å². The maximum absolute atomic E-state index is 13.2. The number of hydrogen-bond donors (Lipinski definition) is 3. The van der Waals surface area contributed by atoms with E-state index in [0.717, 1.165) is 11.1 Å². The standard InChI is InChI=1S/C25H22N4O4S/c26-34(32,33)20-13-11-17(12-14-20)15-16-27-24(30)22-21(18-7-3-1-4-8-18)23(28-29-25(22)31)19-9-5-2-6-10-19/h1-14H,15-16H2,(H,27,30)(H,29,31)(H2,26,32,33). The quantitative estimate of drug-likeness (QED) is 0.378. The number of nitrogens with zero attached hydrogens (tertiary/aromatic N) is 1. The highest BCUT2D eigenvalue weighted by Crippen LogP contribution is 2.31. The monoisotopic (exact) mass is 474 g/mol. The van der Waals surface area contributed by atoms with Gasteiger partial charge in [-0.15, -0.1) is 0 Å². The third kappa shape index (κ3) is 5.11. The van der Waals surface area contributed by atoms with Gasteiger partial charge in [-0.25, -0.2) is 18.7 Å². The number of H-pyrrole nitrogens is 1. The first-order chi connectivity index (χ1) is 16.3. The molecular weight excluding hydrogens is 452 g/mol. The molecule has 0 atom stereocenters. The van der Waals surface area contributed by atoms with Crippen molar-refractivity contribution in [1.82, 2.24) is 15.5 Å². The molecule has 0 saturated carbocycles. The summed E-state index contributed by atoms with van der Waals surface area (Å²) in [5.41, 5.74) is 2.61. The lowest BCUT2D eigenvalue weighted by atomic mass is 9.95. The van der Waals surface area contributed by atoms with Gasteiger partial charge in [0.25, 0.3) is 11.5 Å². The lowest BCUT2D eigenvalue weighted by Gasteiger charge is -2.14. The number of aromatic amines is 1. The Hall–Kier alpha value is -4.08. The van der Waals surface area contributed by atoms with Gasteiger partial charge in [0.1, 0.15) is 5.56 Å². The number of benzene rings is 3. The molecule has 0 aliphatic rings. The van der Waals surface area contributed by atoms with Gasteiger partial charge in [0.05, 0.1) is 10.6 Å². The Morgan fingerprint density at radius 1 is 0.882 bits per heavy atom. The Bertz CT molecular complexity index is 1470. The third-order valence-electron chi connectivity index (χ3n) is 5.27. The van der Waals surface area contributed by atoms with E-state index in [1.54, 1.807) is 12.1 Å². The van der Waals surface area contributed by atoms with Gasteiger partial charge >= 0.3 is 0 Å². The second-order valence-corrected chi connectivity index (χ2v) is 9.14. The SMILES string of the molecule is NS(=O)(=O)c1ccc(CCNC(=O)c2c(-c3ccccc3)c(-c3ccccc3)n[nH]c2=O)cc1. The zero-order chi connectivity index (χ0) is 24.1. The zero-order valence-corrected chi connectivity index (χ0v) is 18.9. The molecule has 4 aromatic rings. The number of aromatic nitrogens is 2. The molecule has 1 amide bonds. The van der Waals surface area contributed by atoms with Crippen LogP contribution in [0.25, 0.3) is 22.4 Å². The molecule has 1 heterocycles. The Kier molecular flexibility index (Phi) is 6.67. The van der Waals surface area contributed by atoms with E-state index in [4.69, 9.17) is 5.14 Å². The van der Waals surface area contributed by atoms with Crippen LogP contribution in [0.4, 0.5) is 0 Å². The van der Waals surface area contributed by atoms with E-state index < -0.39 is 21.5 Å². The van der Waals surface area contributed by atoms with Crippen molar-refractivity contribution in [2.24, 2.45) is 5.14 Å². The van der Waals surface area contributed by atoms with Gasteiger partial charge in [0.2, 0.25) is 10.0 Å². The highest BCUT2D eigenvalue weighted by Gasteiger charge is 2.22. The van der Waals surface area contributed by atoms with Crippen LogP contribution in [0.5, 0.6) is 0 Å². The number of nitrogens with two attached hydrogens (primary N) is 1. The molecule has 34 heavy (non-hydrogen) atoms. The van der Waals surface area contributed by atoms with Crippen LogP contribution in [0.1, 0.15) is 15.9 Å². The molecule has 172 valence electrons. The van der Waals surface area contributed by atoms with Crippen molar-refractivity contribution in [3.05, 3.63) is 106 Å². The first-order valence-electron chi connectivity index (χ1n) is 10.5. The molecule has 8 nitrogen and oxygen atoms in total. The summed E-state index contributed by atoms with van der Waals surface area (Å²) in [6.07, 6.45) is 0.436. The Morgan fingerprint density at radius 2 is 1.47 bits per heavy atom. The van der Waals surface area contributed by atoms with Crippen molar-refractivity contribution in [1.29, 1.82) is 0 Å². The normalized spacial score (nSPS) is 11.2. The first-order valence-corrected chi connectivity index (χ1v) is 12.0. The number of sulfonamides is 1. The summed E-state index contributed by atoms with van der Waals surface area (Å²) < 4.78 is 22.8. The molecule has 0 aliphatic heterocycles. The highest BCUT2D eigenvalue weighted by atomic mass is 32.2. The summed E-state index contributed by atoms with van der Waals surface area (Å²) in [6.45, 7) is 0.240. The molecule has 0 bridgehead atoms. The fraction of sp³-hybridized carbons (Fsp3) is 0.0800. The van der Waals surface area contributed by atoms with Gasteiger partial charge in [0, 0.05) is 17.7 Å². The second-order valence-electron chi connectivity index (χ2n) is 7.58. The minimum Gasteiger partial charge on any atom is -0.352 e. The van der Waals surface area contributed by atoms with Crippen LogP contribution < -0.4 is 16.0 Å². The van der Waals surface area contributed by atoms with E-state index in [-0.39, 0.29) is 17.0 Å². The van der Waals surface area contributed by atoms with E-state index in [2.05, 4.69) is 15.5 Å². The summed E-state index contributed by atoms with van der Waals surface area (Å²) in [4.78, 5) is 25.9. The van der Waals surface area contributed by atoms with Crippen molar-refractivity contribution in [3.63, 3.8) is 0 Å². The van der Waals surface area contributed by atoms with Gasteiger partial charge in [0.15, 0.2) is 0 Å². The second kappa shape index (κ2) is 9.82. The third-order valence-corrected chi connectivity index (χ3v) is 6.20. The number of nitrogens with one attached hydrogen (secondary N) is 2. The lowest BCUT2D eigenvalue weighted by Crippen LogP contribution is -2.32. The molecule has 0 saturated heterocycles. The fourth-order valence-corrected chi connectivity index (χ4v) is 4.13. The summed E-state index contributed by atoms with van der Waals surface area (Å²) in [6, 6.07) is 24.6. The van der Waals surface area contributed by atoms with Crippen LogP contribution in [0.15, 0.2) is 94.6 Å². The maximum Gasteiger partial charge on any atom is 0.277 e. The van der Waals surface area contributed by atoms with Gasteiger partial charge in [-0.05, 0) is 29.7 Å². The van der Waals surface area contributed by atoms with Gasteiger partial charge in [-0.2, -0.15) is 5.10 Å². The van der Waals surface area contributed by atoms with Crippen LogP contribution >= 0.6 is 0 Å². The Labute approximate surface area is 196 Å². The molecule has 9 heteroatoms. The average molecular weight is 475 g/mol. The molecule has 0 aliphatic carbocycles. The first kappa shape index (κ1) is 23.1. The number of hydrogen-bond acceptors (Lipinski definition) is 5. The fourth-order valence-electron chi connectivity index (χ4n) is 3.61. The molecule has 4 N–H and O–H groups in total. The van der Waals surface area contributed by atoms with E-state index >= 15 is 0 Å². The number of primary sulfonamides is 1. The van der Waals surface area contributed by atoms with E-state index in [1.807, 2.05) is 60.7 Å².